The Bertz CT molecular complexity index is 2300. The summed E-state index contributed by atoms with van der Waals surface area (Å²) in [6.07, 6.45) is 3.89. The van der Waals surface area contributed by atoms with E-state index in [2.05, 4.69) is 15.2 Å². The van der Waals surface area contributed by atoms with E-state index in [4.69, 9.17) is 20.4 Å². The van der Waals surface area contributed by atoms with E-state index in [1.54, 1.807) is 13.8 Å². The van der Waals surface area contributed by atoms with Crippen LogP contribution in [0.1, 0.15) is 49.3 Å². The molecule has 1 N–H and O–H groups in total. The van der Waals surface area contributed by atoms with Crippen molar-refractivity contribution in [3.05, 3.63) is 113 Å². The number of hydrogen-bond donors (Lipinski definition) is 1. The van der Waals surface area contributed by atoms with Crippen LogP contribution >= 0.6 is 0 Å². The first kappa shape index (κ1) is 25.8. The van der Waals surface area contributed by atoms with Crippen molar-refractivity contribution in [1.82, 2.24) is 29.1 Å². The van der Waals surface area contributed by atoms with Crippen LogP contribution in [0, 0.1) is 17.6 Å². The van der Waals surface area contributed by atoms with E-state index in [1.807, 2.05) is 0 Å². The van der Waals surface area contributed by atoms with Gasteiger partial charge in [-0.2, -0.15) is 10.2 Å². The molecule has 2 saturated heterocycles. The zero-order chi connectivity index (χ0) is 42.7. The number of hydrogen-bond acceptors (Lipinski definition) is 9. The zero-order valence-electron chi connectivity index (χ0n) is 35.9. The van der Waals surface area contributed by atoms with Crippen molar-refractivity contribution in [2.24, 2.45) is 5.92 Å². The van der Waals surface area contributed by atoms with Crippen LogP contribution in [0.4, 0.5) is 20.2 Å². The first-order valence-electron chi connectivity index (χ1n) is 20.5. The van der Waals surface area contributed by atoms with Crippen molar-refractivity contribution in [2.75, 3.05) is 49.0 Å². The fourth-order valence-electron chi connectivity index (χ4n) is 6.41. The van der Waals surface area contributed by atoms with Gasteiger partial charge in [-0.15, -0.1) is 0 Å². The molecule has 2 fully saturated rings. The van der Waals surface area contributed by atoms with Crippen molar-refractivity contribution >= 4 is 11.4 Å². The second-order valence-electron chi connectivity index (χ2n) is 12.5. The highest BCUT2D eigenvalue weighted by Crippen LogP contribution is 2.42. The van der Waals surface area contributed by atoms with Crippen LogP contribution in [0.3, 0.4) is 0 Å². The smallest absolute Gasteiger partial charge is 0.350 e. The molecule has 4 atom stereocenters. The molecule has 0 bridgehead atoms. The Morgan fingerprint density at radius 2 is 1.65 bits per heavy atom. The Hall–Kier alpha value is -5.08. The van der Waals surface area contributed by atoms with Gasteiger partial charge in [0, 0.05) is 54.9 Å². The molecule has 0 radical (unpaired) electrons. The minimum Gasteiger partial charge on any atom is -0.493 e. The molecule has 4 heterocycles. The van der Waals surface area contributed by atoms with E-state index < -0.39 is 61.1 Å². The SMILES string of the molecule is [2H]C1([2H])N(c2ccc(OC[C@@H]3CO[C@@](Cn4cncn4)(c4ccc(F)cc4F)C3)cc2)C([2H])([2H])C([2H])([2H])N(c2ccc(-n3cnn([C@@H](CC)[C@H](C)O)c3=O)cc2)C1([2H])[2H]. The molecule has 268 valence electrons. The van der Waals surface area contributed by atoms with Gasteiger partial charge in [-0.05, 0) is 74.4 Å². The number of aliphatic hydroxyl groups is 1. The quantitative estimate of drug-likeness (QED) is 0.199. The summed E-state index contributed by atoms with van der Waals surface area (Å²) < 4.78 is 117. The molecule has 51 heavy (non-hydrogen) atoms. The minimum atomic E-state index is -3.18. The van der Waals surface area contributed by atoms with Crippen LogP contribution in [-0.2, 0) is 16.9 Å². The Morgan fingerprint density at radius 1 is 0.980 bits per heavy atom. The van der Waals surface area contributed by atoms with Crippen molar-refractivity contribution in [2.45, 2.75) is 51.0 Å². The largest absolute Gasteiger partial charge is 0.493 e. The lowest BCUT2D eigenvalue weighted by atomic mass is 9.87. The van der Waals surface area contributed by atoms with Crippen molar-refractivity contribution in [3.8, 4) is 11.4 Å². The van der Waals surface area contributed by atoms with Gasteiger partial charge in [0.15, 0.2) is 0 Å². The normalized spacial score (nSPS) is 26.7. The standard InChI is InChI=1S/C37H42F2N8O4/c1-3-35(26(2)48)47-36(49)46(25-42-47)31-7-5-29(6-8-31)43-14-16-44(17-15-43)30-9-11-32(12-10-30)50-20-27-19-37(51-21-27,22-45-24-40-23-41-45)33-13-4-28(38)18-34(33)39/h4-13,18,23-27,35,48H,3,14-17,19-22H2,1-2H3/t26-,27+,35-,37-/m0/s1/i14D2,15D2,16D2,17D2. The molecule has 7 rings (SSSR count). The maximum Gasteiger partial charge on any atom is 0.350 e. The van der Waals surface area contributed by atoms with Gasteiger partial charge in [0.25, 0.3) is 0 Å². The maximum atomic E-state index is 15.1. The van der Waals surface area contributed by atoms with Crippen LogP contribution in [0.15, 0.2) is 90.5 Å². The fourth-order valence-corrected chi connectivity index (χ4v) is 6.41. The van der Waals surface area contributed by atoms with Crippen LogP contribution < -0.4 is 20.2 Å². The number of rotatable bonds is 12. The third-order valence-electron chi connectivity index (χ3n) is 9.02. The fraction of sp³-hybridized carbons (Fsp3) is 0.405. The van der Waals surface area contributed by atoms with E-state index in [1.165, 1.54) is 82.8 Å². The third kappa shape index (κ3) is 7.24. The van der Waals surface area contributed by atoms with Crippen LogP contribution in [0.5, 0.6) is 5.75 Å². The maximum absolute atomic E-state index is 15.1. The lowest BCUT2D eigenvalue weighted by Gasteiger charge is -2.37. The minimum absolute atomic E-state index is 0.0869. The van der Waals surface area contributed by atoms with Gasteiger partial charge in [0.2, 0.25) is 0 Å². The van der Waals surface area contributed by atoms with E-state index in [0.717, 1.165) is 16.8 Å². The summed E-state index contributed by atoms with van der Waals surface area (Å²) in [4.78, 5) is 18.0. The molecule has 0 aliphatic carbocycles. The number of halogens is 2. The summed E-state index contributed by atoms with van der Waals surface area (Å²) in [5.41, 5.74) is -1.70. The Labute approximate surface area is 305 Å². The molecule has 5 aromatic rings. The van der Waals surface area contributed by atoms with Gasteiger partial charge >= 0.3 is 5.69 Å². The van der Waals surface area contributed by atoms with Crippen molar-refractivity contribution < 1.29 is 34.3 Å². The van der Waals surface area contributed by atoms with Gasteiger partial charge in [-0.1, -0.05) is 13.0 Å². The Morgan fingerprint density at radius 3 is 2.25 bits per heavy atom. The van der Waals surface area contributed by atoms with Gasteiger partial charge < -0.3 is 24.4 Å². The monoisotopic (exact) mass is 708 g/mol. The molecule has 3 aromatic carbocycles. The summed E-state index contributed by atoms with van der Waals surface area (Å²) in [6, 6.07) is 13.4. The van der Waals surface area contributed by atoms with Gasteiger partial charge in [-0.3, -0.25) is 0 Å². The molecule has 0 unspecified atom stereocenters. The second kappa shape index (κ2) is 14.6. The molecule has 2 aromatic heterocycles. The predicted octanol–water partition coefficient (Wildman–Crippen LogP) is 4.57. The summed E-state index contributed by atoms with van der Waals surface area (Å²) in [5, 5.41) is 18.3. The molecular formula is C37H42F2N8O4. The average molecular weight is 709 g/mol. The number of nitrogens with zero attached hydrogens (tertiary/aromatic N) is 8. The number of benzene rings is 3. The molecule has 0 saturated carbocycles. The van der Waals surface area contributed by atoms with Crippen LogP contribution in [0.2, 0.25) is 0 Å². The number of anilines is 2. The molecule has 2 aliphatic heterocycles. The topological polar surface area (TPSA) is 116 Å². The van der Waals surface area contributed by atoms with Gasteiger partial charge in [-0.25, -0.2) is 32.5 Å². The highest BCUT2D eigenvalue weighted by molar-refractivity contribution is 5.54. The first-order chi connectivity index (χ1) is 27.7. The number of piperazine rings is 1. The van der Waals surface area contributed by atoms with E-state index in [9.17, 15) is 14.3 Å². The number of aliphatic hydroxyl groups excluding tert-OH is 1. The Kier molecular flexibility index (Phi) is 7.41. The van der Waals surface area contributed by atoms with Crippen molar-refractivity contribution in [1.29, 1.82) is 0 Å². The van der Waals surface area contributed by atoms with Crippen LogP contribution in [0.25, 0.3) is 5.69 Å². The molecule has 0 spiro atoms. The molecule has 12 nitrogen and oxygen atoms in total. The van der Waals surface area contributed by atoms with E-state index >= 15 is 4.39 Å². The predicted molar refractivity (Wildman–Crippen MR) is 187 cm³/mol. The Balaban J connectivity index is 1.09. The molecule has 2 aliphatic rings. The highest BCUT2D eigenvalue weighted by atomic mass is 19.1. The van der Waals surface area contributed by atoms with Crippen LogP contribution in [-0.4, -0.2) is 79.5 Å². The third-order valence-corrected chi connectivity index (χ3v) is 9.02. The number of ether oxygens (including phenoxy) is 2. The second-order valence-corrected chi connectivity index (χ2v) is 12.5. The summed E-state index contributed by atoms with van der Waals surface area (Å²) >= 11 is 0. The lowest BCUT2D eigenvalue weighted by molar-refractivity contribution is -0.0206. The first-order valence-corrected chi connectivity index (χ1v) is 16.5. The average Bonchev–Trinajstić information content (AvgIpc) is 3.92. The summed E-state index contributed by atoms with van der Waals surface area (Å²) in [6.45, 7) is -9.04. The summed E-state index contributed by atoms with van der Waals surface area (Å²) in [7, 11) is 0. The zero-order valence-corrected chi connectivity index (χ0v) is 27.9. The lowest BCUT2D eigenvalue weighted by Crippen LogP contribution is -2.46. The molecular weight excluding hydrogens is 658 g/mol. The van der Waals surface area contributed by atoms with E-state index in [-0.39, 0.29) is 60.5 Å². The molecule has 14 heteroatoms. The molecule has 0 amide bonds. The van der Waals surface area contributed by atoms with Crippen molar-refractivity contribution in [3.63, 3.8) is 0 Å². The highest BCUT2D eigenvalue weighted by Gasteiger charge is 2.44. The van der Waals surface area contributed by atoms with Gasteiger partial charge in [0.05, 0.1) is 48.6 Å². The van der Waals surface area contributed by atoms with Gasteiger partial charge in [0.1, 0.15) is 42.0 Å². The van der Waals surface area contributed by atoms with E-state index in [0.29, 0.717) is 16.2 Å². The number of aromatic nitrogens is 6. The summed E-state index contributed by atoms with van der Waals surface area (Å²) in [5.74, 6) is -1.49.